The van der Waals surface area contributed by atoms with Gasteiger partial charge >= 0.3 is 5.97 Å². The molecule has 0 saturated carbocycles. The molecule has 136 valence electrons. The Bertz CT molecular complexity index is 927. The minimum Gasteiger partial charge on any atom is -0.497 e. The van der Waals surface area contributed by atoms with E-state index in [2.05, 4.69) is 5.32 Å². The van der Waals surface area contributed by atoms with Crippen molar-refractivity contribution in [3.63, 3.8) is 0 Å². The van der Waals surface area contributed by atoms with Gasteiger partial charge < -0.3 is 19.7 Å². The minimum absolute atomic E-state index is 0.387. The number of carbonyl (C=O) groups is 1. The Hall–Kier alpha value is -2.57. The predicted octanol–water partition coefficient (Wildman–Crippen LogP) is 4.15. The molecule has 6 heteroatoms. The van der Waals surface area contributed by atoms with E-state index in [9.17, 15) is 9.90 Å². The Morgan fingerprint density at radius 1 is 1.23 bits per heavy atom. The zero-order chi connectivity index (χ0) is 18.7. The molecule has 0 aliphatic rings. The molecule has 0 fully saturated rings. The zero-order valence-electron chi connectivity index (χ0n) is 15.1. The molecule has 0 aliphatic heterocycles. The molecule has 0 atom stereocenters. The molecule has 0 spiro atoms. The van der Waals surface area contributed by atoms with Gasteiger partial charge in [-0.15, -0.1) is 11.3 Å². The number of hydrogen-bond acceptors (Lipinski definition) is 4. The van der Waals surface area contributed by atoms with E-state index in [1.54, 1.807) is 7.11 Å². The number of nitrogens with zero attached hydrogens (tertiary/aromatic N) is 1. The Kier molecular flexibility index (Phi) is 5.44. The first kappa shape index (κ1) is 18.2. The number of aromatic nitrogens is 1. The van der Waals surface area contributed by atoms with Crippen LogP contribution >= 0.6 is 11.3 Å². The molecule has 0 amide bonds. The highest BCUT2D eigenvalue weighted by Crippen LogP contribution is 2.32. The molecule has 5 nitrogen and oxygen atoms in total. The van der Waals surface area contributed by atoms with Crippen LogP contribution in [0.2, 0.25) is 0 Å². The minimum atomic E-state index is -0.883. The lowest BCUT2D eigenvalue weighted by Gasteiger charge is -2.11. The van der Waals surface area contributed by atoms with Crippen LogP contribution in [0.4, 0.5) is 0 Å². The first-order chi connectivity index (χ1) is 12.5. The molecule has 26 heavy (non-hydrogen) atoms. The fourth-order valence-corrected chi connectivity index (χ4v) is 4.07. The van der Waals surface area contributed by atoms with Crippen LogP contribution in [0.15, 0.2) is 42.6 Å². The van der Waals surface area contributed by atoms with Crippen LogP contribution in [0.3, 0.4) is 0 Å². The van der Waals surface area contributed by atoms with Gasteiger partial charge in [0.15, 0.2) is 0 Å². The van der Waals surface area contributed by atoms with Gasteiger partial charge in [-0.25, -0.2) is 4.79 Å². The standard InChI is InChI=1S/C20H22N2O3S/c1-13-14(2)26-19(18(13)20(23)24)22-9-5-7-16(22)12-21-11-15-6-4-8-17(10-15)25-3/h4-10,21H,11-12H2,1-3H3,(H,23,24). The largest absolute Gasteiger partial charge is 0.497 e. The number of aryl methyl sites for hydroxylation is 1. The van der Waals surface area contributed by atoms with Crippen molar-refractivity contribution in [1.29, 1.82) is 0 Å². The number of rotatable bonds is 7. The number of carboxylic acids is 1. The molecular formula is C20H22N2O3S. The topological polar surface area (TPSA) is 63.5 Å². The van der Waals surface area contributed by atoms with Gasteiger partial charge in [-0.2, -0.15) is 0 Å². The van der Waals surface area contributed by atoms with Crippen LogP contribution < -0.4 is 10.1 Å². The van der Waals surface area contributed by atoms with Crippen molar-refractivity contribution >= 4 is 17.3 Å². The van der Waals surface area contributed by atoms with Gasteiger partial charge in [-0.05, 0) is 49.2 Å². The number of thiophene rings is 1. The van der Waals surface area contributed by atoms with Gasteiger partial charge in [-0.3, -0.25) is 0 Å². The van der Waals surface area contributed by atoms with E-state index in [-0.39, 0.29) is 0 Å². The number of methoxy groups -OCH3 is 1. The van der Waals surface area contributed by atoms with Gasteiger partial charge in [0, 0.05) is 29.9 Å². The summed E-state index contributed by atoms with van der Waals surface area (Å²) in [6.45, 7) is 5.17. The molecule has 0 bridgehead atoms. The Morgan fingerprint density at radius 3 is 2.77 bits per heavy atom. The van der Waals surface area contributed by atoms with Crippen molar-refractivity contribution < 1.29 is 14.6 Å². The summed E-state index contributed by atoms with van der Waals surface area (Å²) in [4.78, 5) is 12.7. The molecule has 2 aromatic heterocycles. The molecule has 3 rings (SSSR count). The van der Waals surface area contributed by atoms with Crippen molar-refractivity contribution in [1.82, 2.24) is 9.88 Å². The summed E-state index contributed by atoms with van der Waals surface area (Å²) >= 11 is 1.51. The smallest absolute Gasteiger partial charge is 0.339 e. The van der Waals surface area contributed by atoms with Gasteiger partial charge in [0.2, 0.25) is 0 Å². The van der Waals surface area contributed by atoms with E-state index in [1.807, 2.05) is 61.0 Å². The van der Waals surface area contributed by atoms with E-state index in [0.717, 1.165) is 32.4 Å². The SMILES string of the molecule is COc1cccc(CNCc2cccn2-c2sc(C)c(C)c2C(=O)O)c1. The fourth-order valence-electron chi connectivity index (χ4n) is 2.91. The first-order valence-corrected chi connectivity index (χ1v) is 9.16. The predicted molar refractivity (Wildman–Crippen MR) is 104 cm³/mol. The summed E-state index contributed by atoms with van der Waals surface area (Å²) in [5, 5.41) is 13.8. The molecule has 0 unspecified atom stereocenters. The molecule has 0 saturated heterocycles. The second-order valence-electron chi connectivity index (χ2n) is 6.09. The molecule has 3 aromatic rings. The number of nitrogens with one attached hydrogen (secondary N) is 1. The maximum atomic E-state index is 11.7. The Labute approximate surface area is 156 Å². The molecule has 0 radical (unpaired) electrons. The Morgan fingerprint density at radius 2 is 2.04 bits per heavy atom. The second kappa shape index (κ2) is 7.76. The second-order valence-corrected chi connectivity index (χ2v) is 7.30. The maximum absolute atomic E-state index is 11.7. The summed E-state index contributed by atoms with van der Waals surface area (Å²) in [6.07, 6.45) is 1.92. The van der Waals surface area contributed by atoms with Crippen molar-refractivity contribution in [3.8, 4) is 10.8 Å². The zero-order valence-corrected chi connectivity index (χ0v) is 15.9. The highest BCUT2D eigenvalue weighted by atomic mass is 32.1. The maximum Gasteiger partial charge on any atom is 0.339 e. The van der Waals surface area contributed by atoms with Crippen molar-refractivity contribution in [3.05, 3.63) is 69.9 Å². The van der Waals surface area contributed by atoms with Crippen LogP contribution in [-0.4, -0.2) is 22.8 Å². The van der Waals surface area contributed by atoms with Crippen LogP contribution in [-0.2, 0) is 13.1 Å². The number of ether oxygens (including phenoxy) is 1. The van der Waals surface area contributed by atoms with Gasteiger partial charge in [0.1, 0.15) is 10.8 Å². The van der Waals surface area contributed by atoms with Gasteiger partial charge in [0.25, 0.3) is 0 Å². The van der Waals surface area contributed by atoms with E-state index in [4.69, 9.17) is 4.74 Å². The molecule has 2 heterocycles. The van der Waals surface area contributed by atoms with Crippen molar-refractivity contribution in [2.45, 2.75) is 26.9 Å². The lowest BCUT2D eigenvalue weighted by Crippen LogP contribution is -2.15. The highest BCUT2D eigenvalue weighted by molar-refractivity contribution is 7.15. The first-order valence-electron chi connectivity index (χ1n) is 8.34. The number of benzene rings is 1. The Balaban J connectivity index is 1.77. The third kappa shape index (κ3) is 3.66. The summed E-state index contributed by atoms with van der Waals surface area (Å²) < 4.78 is 7.21. The molecule has 0 aliphatic carbocycles. The van der Waals surface area contributed by atoms with Crippen LogP contribution in [0.5, 0.6) is 5.75 Å². The number of hydrogen-bond donors (Lipinski definition) is 2. The van der Waals surface area contributed by atoms with E-state index in [1.165, 1.54) is 11.3 Å². The third-order valence-electron chi connectivity index (χ3n) is 4.40. The summed E-state index contributed by atoms with van der Waals surface area (Å²) in [5.74, 6) is -0.0471. The summed E-state index contributed by atoms with van der Waals surface area (Å²) in [7, 11) is 1.66. The lowest BCUT2D eigenvalue weighted by molar-refractivity contribution is 0.0696. The summed E-state index contributed by atoms with van der Waals surface area (Å²) in [5.41, 5.74) is 3.38. The van der Waals surface area contributed by atoms with Gasteiger partial charge in [0.05, 0.1) is 12.7 Å². The molecule has 1 aromatic carbocycles. The molecular weight excluding hydrogens is 348 g/mol. The monoisotopic (exact) mass is 370 g/mol. The quantitative estimate of drug-likeness (QED) is 0.656. The normalized spacial score (nSPS) is 10.9. The number of aromatic carboxylic acids is 1. The third-order valence-corrected chi connectivity index (χ3v) is 5.61. The molecule has 2 N–H and O–H groups in total. The van der Waals surface area contributed by atoms with E-state index in [0.29, 0.717) is 18.7 Å². The van der Waals surface area contributed by atoms with Crippen LogP contribution in [0.1, 0.15) is 32.1 Å². The fraction of sp³-hybridized carbons (Fsp3) is 0.250. The van der Waals surface area contributed by atoms with Crippen LogP contribution in [0.25, 0.3) is 5.00 Å². The van der Waals surface area contributed by atoms with Crippen molar-refractivity contribution in [2.75, 3.05) is 7.11 Å². The van der Waals surface area contributed by atoms with Gasteiger partial charge in [-0.1, -0.05) is 12.1 Å². The lowest BCUT2D eigenvalue weighted by atomic mass is 10.1. The number of carboxylic acid groups (broad SMARTS) is 1. The highest BCUT2D eigenvalue weighted by Gasteiger charge is 2.21. The average Bonchev–Trinajstić information content (AvgIpc) is 3.20. The van der Waals surface area contributed by atoms with E-state index >= 15 is 0 Å². The van der Waals surface area contributed by atoms with E-state index < -0.39 is 5.97 Å². The summed E-state index contributed by atoms with van der Waals surface area (Å²) in [6, 6.07) is 11.9. The average molecular weight is 370 g/mol. The van der Waals surface area contributed by atoms with Crippen LogP contribution in [0, 0.1) is 13.8 Å². The van der Waals surface area contributed by atoms with Crippen molar-refractivity contribution in [2.24, 2.45) is 0 Å².